The molecule has 0 saturated carbocycles. The molecule has 0 N–H and O–H groups in total. The maximum absolute atomic E-state index is 6.22. The molecular weight excluding hydrogens is 439 g/mol. The number of hydrogen-bond donors (Lipinski definition) is 0. The highest BCUT2D eigenvalue weighted by Crippen LogP contribution is 2.30. The molecule has 0 unspecified atom stereocenters. The highest BCUT2D eigenvalue weighted by atomic mass is 79.9. The van der Waals surface area contributed by atoms with Gasteiger partial charge in [-0.15, -0.1) is 5.10 Å². The van der Waals surface area contributed by atoms with Crippen molar-refractivity contribution in [1.82, 2.24) is 20.2 Å². The lowest BCUT2D eigenvalue weighted by molar-refractivity contribution is 0.372. The number of halogens is 3. The van der Waals surface area contributed by atoms with E-state index in [1.165, 1.54) is 0 Å². The van der Waals surface area contributed by atoms with Crippen molar-refractivity contribution >= 4 is 39.1 Å². The van der Waals surface area contributed by atoms with Crippen LogP contribution in [-0.4, -0.2) is 20.2 Å². The first-order valence-electron chi connectivity index (χ1n) is 7.65. The molecule has 0 spiro atoms. The number of benzene rings is 2. The van der Waals surface area contributed by atoms with Crippen LogP contribution < -0.4 is 0 Å². The lowest BCUT2D eigenvalue weighted by Gasteiger charge is -1.99. The summed E-state index contributed by atoms with van der Waals surface area (Å²) in [6, 6.07) is 15.0. The predicted octanol–water partition coefficient (Wildman–Crippen LogP) is 5.72. The zero-order valence-corrected chi connectivity index (χ0v) is 16.3. The van der Waals surface area contributed by atoms with Gasteiger partial charge in [0, 0.05) is 26.7 Å². The summed E-state index contributed by atoms with van der Waals surface area (Å²) in [4.78, 5) is 0. The van der Waals surface area contributed by atoms with E-state index in [1.807, 2.05) is 42.6 Å². The molecule has 4 rings (SSSR count). The average Bonchev–Trinajstić information content (AvgIpc) is 3.26. The molecule has 0 fully saturated rings. The standard InChI is InChI=1S/C18H11BrCl2N4O/c19-12-3-1-11(2-4-12)18-10-25(24-22-18)9-14-8-17(23-26-14)15-6-5-13(20)7-16(15)21/h1-8,10H,9H2. The van der Waals surface area contributed by atoms with Crippen LogP contribution in [0.1, 0.15) is 5.76 Å². The molecule has 0 amide bonds. The van der Waals surface area contributed by atoms with Crippen molar-refractivity contribution in [3.63, 3.8) is 0 Å². The van der Waals surface area contributed by atoms with Gasteiger partial charge in [0.25, 0.3) is 0 Å². The van der Waals surface area contributed by atoms with Gasteiger partial charge < -0.3 is 4.52 Å². The molecule has 4 aromatic rings. The first-order chi connectivity index (χ1) is 12.6. The largest absolute Gasteiger partial charge is 0.359 e. The molecule has 8 heteroatoms. The molecule has 0 bridgehead atoms. The Balaban J connectivity index is 1.53. The van der Waals surface area contributed by atoms with E-state index in [4.69, 9.17) is 27.7 Å². The molecule has 0 aliphatic rings. The maximum atomic E-state index is 6.22. The zero-order chi connectivity index (χ0) is 18.1. The number of aromatic nitrogens is 4. The van der Waals surface area contributed by atoms with Gasteiger partial charge in [-0.1, -0.05) is 61.6 Å². The molecule has 2 aromatic carbocycles. The lowest BCUT2D eigenvalue weighted by atomic mass is 10.1. The van der Waals surface area contributed by atoms with E-state index < -0.39 is 0 Å². The van der Waals surface area contributed by atoms with Crippen LogP contribution in [0.15, 0.2) is 63.7 Å². The zero-order valence-electron chi connectivity index (χ0n) is 13.2. The summed E-state index contributed by atoms with van der Waals surface area (Å²) in [6.45, 7) is 0.418. The number of rotatable bonds is 4. The molecular formula is C18H11BrCl2N4O. The van der Waals surface area contributed by atoms with Crippen molar-refractivity contribution in [1.29, 1.82) is 0 Å². The Morgan fingerprint density at radius 1 is 1.00 bits per heavy atom. The van der Waals surface area contributed by atoms with Crippen LogP contribution in [0.2, 0.25) is 10.0 Å². The molecule has 0 atom stereocenters. The van der Waals surface area contributed by atoms with E-state index in [9.17, 15) is 0 Å². The maximum Gasteiger partial charge on any atom is 0.158 e. The van der Waals surface area contributed by atoms with Gasteiger partial charge in [0.1, 0.15) is 17.9 Å². The van der Waals surface area contributed by atoms with E-state index in [2.05, 4.69) is 31.4 Å². The van der Waals surface area contributed by atoms with Gasteiger partial charge in [-0.2, -0.15) is 0 Å². The normalized spacial score (nSPS) is 11.0. The molecule has 0 aliphatic carbocycles. The molecule has 0 aliphatic heterocycles. The van der Waals surface area contributed by atoms with E-state index in [0.717, 1.165) is 21.3 Å². The fraction of sp³-hybridized carbons (Fsp3) is 0.0556. The summed E-state index contributed by atoms with van der Waals surface area (Å²) in [5, 5.41) is 13.5. The van der Waals surface area contributed by atoms with E-state index in [0.29, 0.717) is 28.0 Å². The van der Waals surface area contributed by atoms with Crippen molar-refractivity contribution in [3.8, 4) is 22.5 Å². The van der Waals surface area contributed by atoms with E-state index >= 15 is 0 Å². The number of hydrogen-bond acceptors (Lipinski definition) is 4. The van der Waals surface area contributed by atoms with Gasteiger partial charge in [-0.3, -0.25) is 0 Å². The van der Waals surface area contributed by atoms with Crippen molar-refractivity contribution in [2.45, 2.75) is 6.54 Å². The smallest absolute Gasteiger partial charge is 0.158 e. The molecule has 2 heterocycles. The van der Waals surface area contributed by atoms with Crippen LogP contribution in [0.25, 0.3) is 22.5 Å². The summed E-state index contributed by atoms with van der Waals surface area (Å²) in [5.74, 6) is 0.651. The van der Waals surface area contributed by atoms with Gasteiger partial charge >= 0.3 is 0 Å². The Hall–Kier alpha value is -2.15. The van der Waals surface area contributed by atoms with Crippen molar-refractivity contribution in [3.05, 3.63) is 75.0 Å². The minimum atomic E-state index is 0.418. The Morgan fingerprint density at radius 3 is 2.58 bits per heavy atom. The minimum Gasteiger partial charge on any atom is -0.359 e. The fourth-order valence-corrected chi connectivity index (χ4v) is 3.27. The van der Waals surface area contributed by atoms with Gasteiger partial charge in [-0.25, -0.2) is 4.68 Å². The third-order valence-corrected chi connectivity index (χ3v) is 4.84. The van der Waals surface area contributed by atoms with Crippen LogP contribution in [0.3, 0.4) is 0 Å². The quantitative estimate of drug-likeness (QED) is 0.400. The second-order valence-corrected chi connectivity index (χ2v) is 7.37. The first-order valence-corrected chi connectivity index (χ1v) is 9.20. The topological polar surface area (TPSA) is 56.7 Å². The van der Waals surface area contributed by atoms with Gasteiger partial charge in [0.15, 0.2) is 5.76 Å². The predicted molar refractivity (Wildman–Crippen MR) is 104 cm³/mol. The van der Waals surface area contributed by atoms with Crippen LogP contribution in [0.5, 0.6) is 0 Å². The van der Waals surface area contributed by atoms with E-state index in [-0.39, 0.29) is 0 Å². The van der Waals surface area contributed by atoms with E-state index in [1.54, 1.807) is 16.8 Å². The number of nitrogens with zero attached hydrogens (tertiary/aromatic N) is 4. The Kier molecular flexibility index (Phi) is 4.80. The first kappa shape index (κ1) is 17.3. The fourth-order valence-electron chi connectivity index (χ4n) is 2.50. The molecule has 26 heavy (non-hydrogen) atoms. The van der Waals surface area contributed by atoms with Gasteiger partial charge in [-0.05, 0) is 30.3 Å². The lowest BCUT2D eigenvalue weighted by Crippen LogP contribution is -1.98. The van der Waals surface area contributed by atoms with Crippen LogP contribution in [0, 0.1) is 0 Å². The second-order valence-electron chi connectivity index (χ2n) is 5.61. The molecule has 0 radical (unpaired) electrons. The summed E-state index contributed by atoms with van der Waals surface area (Å²) in [6.07, 6.45) is 1.86. The average molecular weight is 450 g/mol. The highest BCUT2D eigenvalue weighted by molar-refractivity contribution is 9.10. The van der Waals surface area contributed by atoms with Gasteiger partial charge in [0.05, 0.1) is 11.2 Å². The van der Waals surface area contributed by atoms with Gasteiger partial charge in [0.2, 0.25) is 0 Å². The molecule has 0 saturated heterocycles. The summed E-state index contributed by atoms with van der Waals surface area (Å²) in [5.41, 5.74) is 3.19. The van der Waals surface area contributed by atoms with Crippen LogP contribution in [-0.2, 0) is 6.54 Å². The van der Waals surface area contributed by atoms with Crippen molar-refractivity contribution < 1.29 is 4.52 Å². The monoisotopic (exact) mass is 448 g/mol. The van der Waals surface area contributed by atoms with Crippen molar-refractivity contribution in [2.24, 2.45) is 0 Å². The third-order valence-electron chi connectivity index (χ3n) is 3.76. The van der Waals surface area contributed by atoms with Crippen LogP contribution >= 0.6 is 39.1 Å². The molecule has 2 aromatic heterocycles. The van der Waals surface area contributed by atoms with Crippen LogP contribution in [0.4, 0.5) is 0 Å². The molecule has 5 nitrogen and oxygen atoms in total. The Bertz CT molecular complexity index is 1060. The third kappa shape index (κ3) is 3.67. The summed E-state index contributed by atoms with van der Waals surface area (Å²) < 4.78 is 8.12. The summed E-state index contributed by atoms with van der Waals surface area (Å²) >= 11 is 15.6. The SMILES string of the molecule is Clc1ccc(-c2cc(Cn3cc(-c4ccc(Br)cc4)nn3)on2)c(Cl)c1. The second kappa shape index (κ2) is 7.23. The Labute approximate surface area is 167 Å². The molecule has 130 valence electrons. The summed E-state index contributed by atoms with van der Waals surface area (Å²) in [7, 11) is 0. The minimum absolute atomic E-state index is 0.418. The Morgan fingerprint density at radius 2 is 1.81 bits per heavy atom. The highest BCUT2D eigenvalue weighted by Gasteiger charge is 2.12. The van der Waals surface area contributed by atoms with Crippen molar-refractivity contribution in [2.75, 3.05) is 0 Å².